The molecule has 2 aromatic carbocycles. The van der Waals surface area contributed by atoms with E-state index in [0.717, 1.165) is 6.07 Å². The Balaban J connectivity index is 1.84. The van der Waals surface area contributed by atoms with Crippen LogP contribution in [0, 0.1) is 0 Å². The van der Waals surface area contributed by atoms with Crippen LogP contribution in [0.15, 0.2) is 48.5 Å². The predicted molar refractivity (Wildman–Crippen MR) is 93.0 cm³/mol. The molecule has 1 N–H and O–H groups in total. The summed E-state index contributed by atoms with van der Waals surface area (Å²) < 4.78 is 54.5. The van der Waals surface area contributed by atoms with Gasteiger partial charge in [0, 0.05) is 0 Å². The van der Waals surface area contributed by atoms with Gasteiger partial charge in [0.05, 0.1) is 18.7 Å². The molecule has 0 saturated heterocycles. The van der Waals surface area contributed by atoms with E-state index < -0.39 is 23.7 Å². The molecule has 0 spiro atoms. The summed E-state index contributed by atoms with van der Waals surface area (Å²) in [5.41, 5.74) is -0.858. The van der Waals surface area contributed by atoms with Gasteiger partial charge in [-0.1, -0.05) is 24.3 Å². The molecule has 5 nitrogen and oxygen atoms in total. The first-order chi connectivity index (χ1) is 12.8. The average Bonchev–Trinajstić information content (AvgIpc) is 2.64. The number of halogens is 3. The van der Waals surface area contributed by atoms with Crippen molar-refractivity contribution in [2.45, 2.75) is 19.1 Å². The van der Waals surface area contributed by atoms with E-state index >= 15 is 0 Å². The highest BCUT2D eigenvalue weighted by Gasteiger charge is 2.34. The van der Waals surface area contributed by atoms with Crippen LogP contribution in [0.25, 0.3) is 0 Å². The molecule has 0 saturated carbocycles. The molecule has 1 atom stereocenters. The second-order valence-corrected chi connectivity index (χ2v) is 5.71. The third-order valence-corrected chi connectivity index (χ3v) is 3.52. The van der Waals surface area contributed by atoms with Gasteiger partial charge in [-0.3, -0.25) is 4.79 Å². The number of ether oxygens (including phenoxy) is 3. The summed E-state index contributed by atoms with van der Waals surface area (Å²) in [6, 6.07) is 11.3. The molecule has 0 heterocycles. The summed E-state index contributed by atoms with van der Waals surface area (Å²) >= 11 is 0. The number of rotatable bonds is 8. The second-order valence-electron chi connectivity index (χ2n) is 5.71. The number of para-hydroxylation sites is 3. The third-order valence-electron chi connectivity index (χ3n) is 3.52. The Labute approximate surface area is 155 Å². The molecule has 146 valence electrons. The molecule has 8 heteroatoms. The maximum Gasteiger partial charge on any atom is 0.419 e. The van der Waals surface area contributed by atoms with Gasteiger partial charge in [-0.2, -0.15) is 13.2 Å². The molecule has 2 rings (SSSR count). The van der Waals surface area contributed by atoms with Crippen LogP contribution < -0.4 is 19.5 Å². The highest BCUT2D eigenvalue weighted by molar-refractivity contribution is 5.77. The number of methoxy groups -OCH3 is 1. The van der Waals surface area contributed by atoms with Crippen LogP contribution in [-0.4, -0.2) is 32.3 Å². The summed E-state index contributed by atoms with van der Waals surface area (Å²) in [7, 11) is 1.49. The highest BCUT2D eigenvalue weighted by Crippen LogP contribution is 2.35. The summed E-state index contributed by atoms with van der Waals surface area (Å²) in [5.74, 6) is 0.195. The SMILES string of the molecule is COc1ccccc1OCC(=O)NC(C)COc1ccccc1C(F)(F)F. The fourth-order valence-electron chi connectivity index (χ4n) is 2.28. The van der Waals surface area contributed by atoms with Crippen molar-refractivity contribution in [1.29, 1.82) is 0 Å². The van der Waals surface area contributed by atoms with Gasteiger partial charge in [0.2, 0.25) is 0 Å². The summed E-state index contributed by atoms with van der Waals surface area (Å²) in [5, 5.41) is 2.61. The smallest absolute Gasteiger partial charge is 0.419 e. The number of benzene rings is 2. The van der Waals surface area contributed by atoms with E-state index in [2.05, 4.69) is 5.32 Å². The first-order valence-electron chi connectivity index (χ1n) is 8.15. The maximum absolute atomic E-state index is 12.9. The molecular formula is C19H20F3NO4. The lowest BCUT2D eigenvalue weighted by Gasteiger charge is -2.18. The molecule has 2 aromatic rings. The maximum atomic E-state index is 12.9. The van der Waals surface area contributed by atoms with Crippen molar-refractivity contribution in [2.24, 2.45) is 0 Å². The summed E-state index contributed by atoms with van der Waals surface area (Å²) in [4.78, 5) is 12.0. The number of hydrogen-bond donors (Lipinski definition) is 1. The minimum absolute atomic E-state index is 0.118. The lowest BCUT2D eigenvalue weighted by molar-refractivity contribution is -0.139. The normalized spacial score (nSPS) is 12.2. The zero-order valence-electron chi connectivity index (χ0n) is 14.9. The molecule has 0 fully saturated rings. The standard InChI is InChI=1S/C19H20F3NO4/c1-13(11-26-15-8-4-3-7-14(15)19(20,21)22)23-18(24)12-27-17-10-6-5-9-16(17)25-2/h3-10,13H,11-12H2,1-2H3,(H,23,24). The van der Waals surface area contributed by atoms with Crippen LogP contribution in [0.5, 0.6) is 17.2 Å². The Morgan fingerprint density at radius 2 is 1.59 bits per heavy atom. The third kappa shape index (κ3) is 6.09. The van der Waals surface area contributed by atoms with Crippen molar-refractivity contribution in [3.63, 3.8) is 0 Å². The van der Waals surface area contributed by atoms with Crippen molar-refractivity contribution in [3.05, 3.63) is 54.1 Å². The first kappa shape index (κ1) is 20.4. The van der Waals surface area contributed by atoms with Gasteiger partial charge < -0.3 is 19.5 Å². The molecule has 1 amide bonds. The Hall–Kier alpha value is -2.90. The van der Waals surface area contributed by atoms with Crippen LogP contribution in [0.4, 0.5) is 13.2 Å². The van der Waals surface area contributed by atoms with Crippen molar-refractivity contribution in [2.75, 3.05) is 20.3 Å². The number of nitrogens with one attached hydrogen (secondary N) is 1. The monoisotopic (exact) mass is 383 g/mol. The van der Waals surface area contributed by atoms with E-state index in [9.17, 15) is 18.0 Å². The molecule has 27 heavy (non-hydrogen) atoms. The van der Waals surface area contributed by atoms with Crippen LogP contribution in [-0.2, 0) is 11.0 Å². The quantitative estimate of drug-likeness (QED) is 0.756. The fourth-order valence-corrected chi connectivity index (χ4v) is 2.28. The Morgan fingerprint density at radius 1 is 1.00 bits per heavy atom. The lowest BCUT2D eigenvalue weighted by atomic mass is 10.2. The van der Waals surface area contributed by atoms with Crippen molar-refractivity contribution in [1.82, 2.24) is 5.32 Å². The van der Waals surface area contributed by atoms with E-state index in [1.165, 1.54) is 25.3 Å². The van der Waals surface area contributed by atoms with Gasteiger partial charge in [-0.25, -0.2) is 0 Å². The minimum Gasteiger partial charge on any atom is -0.493 e. The zero-order valence-corrected chi connectivity index (χ0v) is 14.9. The van der Waals surface area contributed by atoms with E-state index in [4.69, 9.17) is 14.2 Å². The number of amides is 1. The minimum atomic E-state index is -4.51. The van der Waals surface area contributed by atoms with Gasteiger partial charge in [-0.05, 0) is 31.2 Å². The Bertz CT molecular complexity index is 765. The van der Waals surface area contributed by atoms with Crippen LogP contribution in [0.2, 0.25) is 0 Å². The van der Waals surface area contributed by atoms with Crippen molar-refractivity contribution in [3.8, 4) is 17.2 Å². The van der Waals surface area contributed by atoms with Crippen LogP contribution in [0.3, 0.4) is 0 Å². The Morgan fingerprint density at radius 3 is 2.22 bits per heavy atom. The second kappa shape index (κ2) is 9.16. The molecule has 1 unspecified atom stereocenters. The number of carbonyl (C=O) groups is 1. The van der Waals surface area contributed by atoms with E-state index in [1.54, 1.807) is 31.2 Å². The van der Waals surface area contributed by atoms with Crippen molar-refractivity contribution < 1.29 is 32.2 Å². The number of carbonyl (C=O) groups excluding carboxylic acids is 1. The topological polar surface area (TPSA) is 56.8 Å². The van der Waals surface area contributed by atoms with Crippen LogP contribution >= 0.6 is 0 Å². The molecule has 0 aliphatic carbocycles. The molecule has 0 radical (unpaired) electrons. The van der Waals surface area contributed by atoms with E-state index in [-0.39, 0.29) is 19.0 Å². The number of hydrogen-bond acceptors (Lipinski definition) is 4. The summed E-state index contributed by atoms with van der Waals surface area (Å²) in [6.45, 7) is 1.24. The van der Waals surface area contributed by atoms with Gasteiger partial charge in [0.15, 0.2) is 18.1 Å². The van der Waals surface area contributed by atoms with E-state index in [0.29, 0.717) is 11.5 Å². The van der Waals surface area contributed by atoms with Gasteiger partial charge in [-0.15, -0.1) is 0 Å². The van der Waals surface area contributed by atoms with E-state index in [1.807, 2.05) is 0 Å². The average molecular weight is 383 g/mol. The Kier molecular flexibility index (Phi) is 6.92. The first-order valence-corrected chi connectivity index (χ1v) is 8.15. The molecular weight excluding hydrogens is 363 g/mol. The summed E-state index contributed by atoms with van der Waals surface area (Å²) in [6.07, 6.45) is -4.51. The molecule has 0 bridgehead atoms. The number of alkyl halides is 3. The fraction of sp³-hybridized carbons (Fsp3) is 0.316. The van der Waals surface area contributed by atoms with Crippen molar-refractivity contribution >= 4 is 5.91 Å². The predicted octanol–water partition coefficient (Wildman–Crippen LogP) is 3.68. The highest BCUT2D eigenvalue weighted by atomic mass is 19.4. The largest absolute Gasteiger partial charge is 0.493 e. The van der Waals surface area contributed by atoms with Gasteiger partial charge in [0.1, 0.15) is 12.4 Å². The van der Waals surface area contributed by atoms with Crippen LogP contribution in [0.1, 0.15) is 12.5 Å². The molecule has 0 aliphatic heterocycles. The van der Waals surface area contributed by atoms with Gasteiger partial charge in [0.25, 0.3) is 5.91 Å². The lowest BCUT2D eigenvalue weighted by Crippen LogP contribution is -2.39. The zero-order chi connectivity index (χ0) is 19.9. The molecule has 0 aromatic heterocycles. The molecule has 0 aliphatic rings. The van der Waals surface area contributed by atoms with Gasteiger partial charge >= 0.3 is 6.18 Å².